The van der Waals surface area contributed by atoms with Gasteiger partial charge in [0.2, 0.25) is 0 Å². The van der Waals surface area contributed by atoms with Gasteiger partial charge in [0.05, 0.1) is 18.7 Å². The topological polar surface area (TPSA) is 47.4 Å². The van der Waals surface area contributed by atoms with E-state index >= 15 is 0 Å². The minimum atomic E-state index is -2.99. The van der Waals surface area contributed by atoms with Crippen molar-refractivity contribution in [3.63, 3.8) is 0 Å². The van der Waals surface area contributed by atoms with Crippen molar-refractivity contribution >= 4 is 5.91 Å². The monoisotopic (exact) mass is 377 g/mol. The fraction of sp³-hybridized carbons (Fsp3) is 0.375. The Morgan fingerprint density at radius 2 is 1.85 bits per heavy atom. The van der Waals surface area contributed by atoms with Crippen molar-refractivity contribution in [3.8, 4) is 0 Å². The Kier molecular flexibility index (Phi) is 5.96. The maximum absolute atomic E-state index is 13.8. The highest BCUT2D eigenvalue weighted by Crippen LogP contribution is 2.24. The molecule has 1 unspecified atom stereocenters. The Hall–Kier alpha value is -2.49. The summed E-state index contributed by atoms with van der Waals surface area (Å²) in [7, 11) is 2.48. The number of carbonyl (C=O) groups excluding carboxylic acids is 1. The van der Waals surface area contributed by atoms with Crippen LogP contribution in [0.1, 0.15) is 35.0 Å². The molecule has 0 bridgehead atoms. The van der Waals surface area contributed by atoms with Crippen molar-refractivity contribution in [2.45, 2.75) is 25.8 Å². The molecule has 1 atom stereocenters. The van der Waals surface area contributed by atoms with Crippen LogP contribution in [-0.4, -0.2) is 33.9 Å². The predicted molar refractivity (Wildman–Crippen MR) is 80.8 cm³/mol. The van der Waals surface area contributed by atoms with Crippen LogP contribution < -0.4 is 0 Å². The predicted octanol–water partition coefficient (Wildman–Crippen LogP) is 3.41. The molecule has 2 aromatic rings. The molecule has 0 saturated carbocycles. The maximum atomic E-state index is 13.8. The van der Waals surface area contributed by atoms with Gasteiger partial charge >= 0.3 is 0 Å². The largest absolute Gasteiger partial charge is 0.282 e. The highest BCUT2D eigenvalue weighted by Gasteiger charge is 2.30. The van der Waals surface area contributed by atoms with E-state index in [1.807, 2.05) is 0 Å². The fourth-order valence-electron chi connectivity index (χ4n) is 2.56. The van der Waals surface area contributed by atoms with Crippen LogP contribution in [0.5, 0.6) is 0 Å². The van der Waals surface area contributed by atoms with Gasteiger partial charge in [0.15, 0.2) is 0 Å². The number of aromatic nitrogens is 2. The first-order valence-corrected chi connectivity index (χ1v) is 7.48. The normalized spacial score (nSPS) is 12.5. The van der Waals surface area contributed by atoms with Gasteiger partial charge in [-0.2, -0.15) is 5.10 Å². The lowest BCUT2D eigenvalue weighted by molar-refractivity contribution is -0.119. The smallest absolute Gasteiger partial charge is 0.275 e. The molecule has 1 heterocycles. The molecule has 10 heteroatoms. The lowest BCUT2D eigenvalue weighted by Gasteiger charge is -2.26. The van der Waals surface area contributed by atoms with Gasteiger partial charge in [-0.25, -0.2) is 27.0 Å². The summed E-state index contributed by atoms with van der Waals surface area (Å²) in [6, 6.07) is 0.0907. The number of alkyl halides is 2. The van der Waals surface area contributed by atoms with Crippen molar-refractivity contribution in [2.24, 2.45) is 7.05 Å². The van der Waals surface area contributed by atoms with E-state index in [0.29, 0.717) is 17.2 Å². The second-order valence-corrected chi connectivity index (χ2v) is 5.62. The van der Waals surface area contributed by atoms with E-state index in [2.05, 4.69) is 5.10 Å². The standard InChI is InChI=1S/C16H16F5N3O2/c1-8(4-10-12(18)5-9(17)6-13(10)19)24(26-3)16(25)11-7-23(2)22-14(11)15(20)21/h5-8,15H,4H2,1-3H3. The van der Waals surface area contributed by atoms with Crippen molar-refractivity contribution < 1.29 is 31.6 Å². The van der Waals surface area contributed by atoms with E-state index in [0.717, 1.165) is 18.0 Å². The fourth-order valence-corrected chi connectivity index (χ4v) is 2.56. The van der Waals surface area contributed by atoms with Crippen LogP contribution in [-0.2, 0) is 18.3 Å². The average Bonchev–Trinajstić information content (AvgIpc) is 2.93. The molecule has 142 valence electrons. The summed E-state index contributed by atoms with van der Waals surface area (Å²) in [4.78, 5) is 17.5. The summed E-state index contributed by atoms with van der Waals surface area (Å²) in [5.74, 6) is -4.25. The number of rotatable bonds is 6. The van der Waals surface area contributed by atoms with E-state index < -0.39 is 52.6 Å². The van der Waals surface area contributed by atoms with Crippen molar-refractivity contribution in [2.75, 3.05) is 7.11 Å². The van der Waals surface area contributed by atoms with Crippen molar-refractivity contribution in [1.29, 1.82) is 0 Å². The molecule has 1 aromatic carbocycles. The van der Waals surface area contributed by atoms with E-state index in [9.17, 15) is 26.7 Å². The molecular weight excluding hydrogens is 361 g/mol. The van der Waals surface area contributed by atoms with Crippen molar-refractivity contribution in [1.82, 2.24) is 14.8 Å². The second kappa shape index (κ2) is 7.81. The van der Waals surface area contributed by atoms with Crippen LogP contribution >= 0.6 is 0 Å². The molecule has 0 N–H and O–H groups in total. The van der Waals surface area contributed by atoms with Gasteiger partial charge in [-0.15, -0.1) is 0 Å². The summed E-state index contributed by atoms with van der Waals surface area (Å²) in [5.41, 5.74) is -1.57. The highest BCUT2D eigenvalue weighted by atomic mass is 19.3. The molecule has 0 radical (unpaired) electrons. The third kappa shape index (κ3) is 4.01. The summed E-state index contributed by atoms with van der Waals surface area (Å²) < 4.78 is 67.7. The highest BCUT2D eigenvalue weighted by molar-refractivity contribution is 5.94. The lowest BCUT2D eigenvalue weighted by atomic mass is 10.0. The van der Waals surface area contributed by atoms with Crippen LogP contribution in [0, 0.1) is 17.5 Å². The van der Waals surface area contributed by atoms with E-state index in [1.165, 1.54) is 14.0 Å². The number of amides is 1. The van der Waals surface area contributed by atoms with Crippen molar-refractivity contribution in [3.05, 3.63) is 52.6 Å². The Bertz CT molecular complexity index is 786. The third-order valence-electron chi connectivity index (χ3n) is 3.70. The van der Waals surface area contributed by atoms with E-state index in [-0.39, 0.29) is 6.42 Å². The molecule has 0 spiro atoms. The van der Waals surface area contributed by atoms with Crippen LogP contribution in [0.4, 0.5) is 22.0 Å². The van der Waals surface area contributed by atoms with Gasteiger partial charge < -0.3 is 0 Å². The first kappa shape index (κ1) is 19.8. The number of halogens is 5. The molecule has 0 saturated heterocycles. The number of benzene rings is 1. The van der Waals surface area contributed by atoms with E-state index in [1.54, 1.807) is 0 Å². The minimum Gasteiger partial charge on any atom is -0.275 e. The first-order chi connectivity index (χ1) is 12.1. The number of hydrogen-bond donors (Lipinski definition) is 0. The number of hydrogen-bond acceptors (Lipinski definition) is 3. The lowest BCUT2D eigenvalue weighted by Crippen LogP contribution is -2.39. The minimum absolute atomic E-state index is 0.359. The van der Waals surface area contributed by atoms with Crippen LogP contribution in [0.3, 0.4) is 0 Å². The Balaban J connectivity index is 2.29. The molecule has 1 aromatic heterocycles. The van der Waals surface area contributed by atoms with Gasteiger partial charge in [0, 0.05) is 37.4 Å². The Morgan fingerprint density at radius 1 is 1.27 bits per heavy atom. The SMILES string of the molecule is CON(C(=O)c1cn(C)nc1C(F)F)C(C)Cc1c(F)cc(F)cc1F. The number of hydroxylamine groups is 2. The summed E-state index contributed by atoms with van der Waals surface area (Å²) in [6.45, 7) is 1.40. The average molecular weight is 377 g/mol. The number of carbonyl (C=O) groups is 1. The van der Waals surface area contributed by atoms with Crippen LogP contribution in [0.25, 0.3) is 0 Å². The molecule has 0 aliphatic heterocycles. The molecule has 0 fully saturated rings. The molecule has 2 rings (SSSR count). The zero-order chi connectivity index (χ0) is 19.6. The molecular formula is C16H16F5N3O2. The molecule has 1 amide bonds. The summed E-state index contributed by atoms with van der Waals surface area (Å²) in [5, 5.41) is 4.24. The number of aryl methyl sites for hydroxylation is 1. The first-order valence-electron chi connectivity index (χ1n) is 7.48. The zero-order valence-electron chi connectivity index (χ0n) is 14.1. The summed E-state index contributed by atoms with van der Waals surface area (Å²) in [6.07, 6.45) is -2.25. The van der Waals surface area contributed by atoms with Crippen LogP contribution in [0.2, 0.25) is 0 Å². The van der Waals surface area contributed by atoms with Crippen LogP contribution in [0.15, 0.2) is 18.3 Å². The van der Waals surface area contributed by atoms with Gasteiger partial charge in [-0.1, -0.05) is 0 Å². The molecule has 0 aliphatic carbocycles. The van der Waals surface area contributed by atoms with Gasteiger partial charge in [0.1, 0.15) is 23.1 Å². The molecule has 26 heavy (non-hydrogen) atoms. The zero-order valence-corrected chi connectivity index (χ0v) is 14.1. The maximum Gasteiger partial charge on any atom is 0.282 e. The van der Waals surface area contributed by atoms with Gasteiger partial charge in [-0.05, 0) is 6.92 Å². The number of nitrogens with zero attached hydrogens (tertiary/aromatic N) is 3. The Morgan fingerprint density at radius 3 is 2.35 bits per heavy atom. The quantitative estimate of drug-likeness (QED) is 0.573. The Labute approximate surface area is 145 Å². The second-order valence-electron chi connectivity index (χ2n) is 5.62. The molecule has 0 aliphatic rings. The van der Waals surface area contributed by atoms with E-state index in [4.69, 9.17) is 4.84 Å². The summed E-state index contributed by atoms with van der Waals surface area (Å²) >= 11 is 0. The third-order valence-corrected chi connectivity index (χ3v) is 3.70. The van der Waals surface area contributed by atoms with Gasteiger partial charge in [-0.3, -0.25) is 14.3 Å². The molecule has 5 nitrogen and oxygen atoms in total. The van der Waals surface area contributed by atoms with Gasteiger partial charge in [0.25, 0.3) is 12.3 Å².